The number of hydrogen-bond acceptors (Lipinski definition) is 18. The van der Waals surface area contributed by atoms with Gasteiger partial charge >= 0.3 is 6.01 Å². The van der Waals surface area contributed by atoms with E-state index in [9.17, 15) is 24.6 Å². The number of phenols is 1. The maximum Gasteiger partial charge on any atom is 0.319 e. The predicted octanol–water partition coefficient (Wildman–Crippen LogP) is 7.40. The van der Waals surface area contributed by atoms with Crippen molar-refractivity contribution in [3.8, 4) is 33.5 Å². The number of anilines is 2. The van der Waals surface area contributed by atoms with Gasteiger partial charge in [-0.15, -0.1) is 11.3 Å². The van der Waals surface area contributed by atoms with E-state index in [-0.39, 0.29) is 54.3 Å². The van der Waals surface area contributed by atoms with Crippen molar-refractivity contribution in [1.29, 1.82) is 0 Å². The lowest BCUT2D eigenvalue weighted by Gasteiger charge is -2.42. The molecule has 5 saturated heterocycles. The third-order valence-corrected chi connectivity index (χ3v) is 19.3. The third kappa shape index (κ3) is 12.8. The van der Waals surface area contributed by atoms with Gasteiger partial charge in [-0.3, -0.25) is 29.2 Å². The van der Waals surface area contributed by atoms with E-state index < -0.39 is 52.8 Å². The number of pyridine rings is 1. The molecule has 5 aliphatic rings. The first kappa shape index (κ1) is 60.7. The zero-order valence-corrected chi connectivity index (χ0v) is 51.6. The number of aromatic hydroxyl groups is 1. The largest absolute Gasteiger partial charge is 0.508 e. The molecule has 5 N–H and O–H groups in total. The number of thiazole rings is 1. The van der Waals surface area contributed by atoms with Gasteiger partial charge in [0, 0.05) is 102 Å². The Morgan fingerprint density at radius 1 is 0.886 bits per heavy atom. The Balaban J connectivity index is 0.624. The lowest BCUT2D eigenvalue weighted by molar-refractivity contribution is -0.142. The third-order valence-electron chi connectivity index (χ3n) is 18.3. The second-order valence-electron chi connectivity index (χ2n) is 25.6. The van der Waals surface area contributed by atoms with Crippen LogP contribution >= 0.6 is 11.3 Å². The highest BCUT2D eigenvalue weighted by molar-refractivity contribution is 7.13. The van der Waals surface area contributed by atoms with E-state index in [1.54, 1.807) is 29.7 Å². The van der Waals surface area contributed by atoms with Crippen molar-refractivity contribution in [2.75, 3.05) is 88.4 Å². The smallest absolute Gasteiger partial charge is 0.319 e. The van der Waals surface area contributed by atoms with Gasteiger partial charge in [-0.05, 0) is 91.0 Å². The number of phenolic OH excluding ortho intramolecular Hbond substituents is 1. The van der Waals surface area contributed by atoms with Crippen LogP contribution in [-0.4, -0.2) is 187 Å². The number of alkyl halides is 1. The van der Waals surface area contributed by atoms with Crippen molar-refractivity contribution in [1.82, 2.24) is 60.6 Å². The molecule has 3 aromatic carbocycles. The number of rotatable bonds is 17. The summed E-state index contributed by atoms with van der Waals surface area (Å²) in [6, 6.07) is 15.3. The summed E-state index contributed by atoms with van der Waals surface area (Å²) in [5, 5.41) is 33.3. The number of fused-ring (bicyclic) bond motifs is 4. The van der Waals surface area contributed by atoms with Crippen molar-refractivity contribution in [2.45, 2.75) is 122 Å². The van der Waals surface area contributed by atoms with Crippen LogP contribution in [0, 0.1) is 18.2 Å². The summed E-state index contributed by atoms with van der Waals surface area (Å²) < 4.78 is 40.1. The van der Waals surface area contributed by atoms with Crippen LogP contribution in [0.2, 0.25) is 0 Å². The molecule has 7 aromatic rings. The average molecular weight is 1220 g/mol. The van der Waals surface area contributed by atoms with E-state index in [0.717, 1.165) is 50.9 Å². The Labute approximate surface area is 515 Å². The summed E-state index contributed by atoms with van der Waals surface area (Å²) in [4.78, 5) is 80.7. The monoisotopic (exact) mass is 1220 g/mol. The minimum absolute atomic E-state index is 0.0154. The lowest BCUT2D eigenvalue weighted by Crippen LogP contribution is -2.58. The van der Waals surface area contributed by atoms with Crippen molar-refractivity contribution in [3.05, 3.63) is 107 Å². The number of carbonyl (C=O) groups is 3. The SMILES string of the molecule is CCc1cccc2cc(O)cc(-c3ncc4c(N5CC6CCC(C5)N6)nc(OCCN5CCC(F)(CN6CCN(c7cnc(C(=O)NC(C(=O)N8C[C@H](O)C[C@H]8C(=O)NC(C)c8ccc(-c9scnc9C)cc8)C(C)(C)C)cn7)CC6)CC5)nc4c3F)c12. The van der Waals surface area contributed by atoms with Gasteiger partial charge in [0.05, 0.1) is 46.0 Å². The number of likely N-dealkylation sites (tertiary alicyclic amines) is 2. The zero-order valence-electron chi connectivity index (χ0n) is 50.8. The molecular weight excluding hydrogens is 1140 g/mol. The summed E-state index contributed by atoms with van der Waals surface area (Å²) in [7, 11) is 0. The molecule has 20 nitrogen and oxygen atoms in total. The van der Waals surface area contributed by atoms with Crippen LogP contribution in [0.3, 0.4) is 0 Å². The normalized spacial score (nSPS) is 21.4. The highest BCUT2D eigenvalue weighted by Crippen LogP contribution is 2.40. The molecule has 2 bridgehead atoms. The van der Waals surface area contributed by atoms with Crippen molar-refractivity contribution >= 4 is 62.4 Å². The first-order valence-corrected chi connectivity index (χ1v) is 31.7. The summed E-state index contributed by atoms with van der Waals surface area (Å²) in [5.41, 5.74) is 4.24. The van der Waals surface area contributed by atoms with E-state index in [1.165, 1.54) is 17.3 Å². The lowest BCUT2D eigenvalue weighted by atomic mass is 9.85. The number of aromatic nitrogens is 6. The maximum atomic E-state index is 17.1. The first-order chi connectivity index (χ1) is 42.3. The number of amides is 3. The number of benzene rings is 3. The molecule has 4 unspecified atom stereocenters. The number of nitrogens with zero attached hydrogens (tertiary/aromatic N) is 11. The number of nitrogens with one attached hydrogen (secondary N) is 3. The second-order valence-corrected chi connectivity index (χ2v) is 26.4. The molecule has 9 heterocycles. The van der Waals surface area contributed by atoms with Gasteiger partial charge in [-0.25, -0.2) is 23.7 Å². The first-order valence-electron chi connectivity index (χ1n) is 30.8. The maximum absolute atomic E-state index is 17.1. The quantitative estimate of drug-likeness (QED) is 0.0598. The van der Waals surface area contributed by atoms with Gasteiger partial charge in [-0.1, -0.05) is 70.2 Å². The number of piperazine rings is 2. The van der Waals surface area contributed by atoms with Crippen LogP contribution < -0.4 is 30.5 Å². The number of aliphatic hydroxyl groups excluding tert-OH is 1. The van der Waals surface area contributed by atoms with Gasteiger partial charge in [-0.2, -0.15) is 9.97 Å². The van der Waals surface area contributed by atoms with Crippen molar-refractivity contribution < 1.29 is 38.1 Å². The highest BCUT2D eigenvalue weighted by Gasteiger charge is 2.45. The Morgan fingerprint density at radius 3 is 2.32 bits per heavy atom. The van der Waals surface area contributed by atoms with Gasteiger partial charge in [0.1, 0.15) is 58.6 Å². The zero-order chi connectivity index (χ0) is 61.6. The molecule has 12 rings (SSSR count). The molecule has 4 aromatic heterocycles. The molecule has 3 amide bonds. The number of aliphatic hydroxyl groups is 1. The van der Waals surface area contributed by atoms with Gasteiger partial charge < -0.3 is 45.6 Å². The number of halogens is 2. The number of β-amino-alcohol motifs (C(OH)–C–C–N with tert-alkyl or cyclic N) is 1. The Hall–Kier alpha value is -7.57. The number of hydrogen-bond donors (Lipinski definition) is 5. The van der Waals surface area contributed by atoms with E-state index in [4.69, 9.17) is 14.7 Å². The van der Waals surface area contributed by atoms with Crippen LogP contribution in [0.4, 0.5) is 20.4 Å². The summed E-state index contributed by atoms with van der Waals surface area (Å²) in [5.74, 6) is -0.927. The molecule has 5 fully saturated rings. The molecule has 0 saturated carbocycles. The summed E-state index contributed by atoms with van der Waals surface area (Å²) >= 11 is 1.57. The summed E-state index contributed by atoms with van der Waals surface area (Å²) in [6.45, 7) is 17.2. The van der Waals surface area contributed by atoms with Gasteiger partial charge in [0.25, 0.3) is 5.91 Å². The molecule has 464 valence electrons. The molecule has 23 heteroatoms. The number of carbonyl (C=O) groups excluding carboxylic acids is 3. The van der Waals surface area contributed by atoms with Crippen LogP contribution in [0.25, 0.3) is 43.4 Å². The second kappa shape index (κ2) is 25.1. The molecular formula is C65H78F2N14O6S. The molecule has 0 radical (unpaired) electrons. The van der Waals surface area contributed by atoms with Crippen LogP contribution in [-0.2, 0) is 16.0 Å². The minimum Gasteiger partial charge on any atom is -0.508 e. The average Bonchev–Trinajstić information content (AvgIpc) is 1.06. The fraction of sp³-hybridized carbons (Fsp3) is 0.492. The van der Waals surface area contributed by atoms with Crippen LogP contribution in [0.5, 0.6) is 11.8 Å². The number of ether oxygens (including phenoxy) is 1. The summed E-state index contributed by atoms with van der Waals surface area (Å²) in [6.07, 6.45) is 7.24. The predicted molar refractivity (Wildman–Crippen MR) is 335 cm³/mol. The Morgan fingerprint density at radius 2 is 1.64 bits per heavy atom. The Bertz CT molecular complexity index is 3690. The van der Waals surface area contributed by atoms with E-state index in [2.05, 4.69) is 55.5 Å². The number of piperidine rings is 1. The van der Waals surface area contributed by atoms with Crippen molar-refractivity contribution in [2.24, 2.45) is 5.41 Å². The standard InChI is InChI=1S/C65H78F2N14O6S/c1-7-40-9-8-10-43-27-46(82)28-48(53(40)43)55-54(66)56-49(30-70-55)59(80-33-44-15-16-45(34-80)73-44)76-63(74-56)87-26-25-77-19-17-65(67,18-20-77)36-78-21-23-79(24-22-78)52-32-68-50(31-69-52)60(84)75-58(64(4,5)6)62(86)81-35-47(83)29-51(81)61(85)72-38(2)41-11-13-42(14-12-41)57-39(3)71-37-88-57/h8-14,27-28,30-32,37-38,44-45,47,51,58,73,82-83H,7,15-26,29,33-36H2,1-6H3,(H,72,85)(H,75,84)/t38?,44?,45?,47-,51+,58?/m1/s1. The molecule has 0 spiro atoms. The molecule has 88 heavy (non-hydrogen) atoms. The molecule has 6 atom stereocenters. The van der Waals surface area contributed by atoms with E-state index >= 15 is 8.78 Å². The fourth-order valence-corrected chi connectivity index (χ4v) is 14.2. The molecule has 5 aliphatic heterocycles. The van der Waals surface area contributed by atoms with E-state index in [1.807, 2.05) is 89.5 Å². The molecule has 0 aliphatic carbocycles. The topological polar surface area (TPSA) is 231 Å². The van der Waals surface area contributed by atoms with Gasteiger partial charge in [0.15, 0.2) is 5.82 Å². The fourth-order valence-electron chi connectivity index (χ4n) is 13.4. The van der Waals surface area contributed by atoms with Crippen LogP contribution in [0.1, 0.15) is 100 Å². The highest BCUT2D eigenvalue weighted by atomic mass is 32.1. The number of aryl methyl sites for hydroxylation is 2. The Kier molecular flexibility index (Phi) is 17.3. The van der Waals surface area contributed by atoms with E-state index in [0.29, 0.717) is 119 Å². The minimum atomic E-state index is -1.38. The van der Waals surface area contributed by atoms with Crippen LogP contribution in [0.15, 0.2) is 78.7 Å². The van der Waals surface area contributed by atoms with Gasteiger partial charge in [0.2, 0.25) is 11.8 Å². The van der Waals surface area contributed by atoms with Crippen molar-refractivity contribution in [3.63, 3.8) is 0 Å².